The van der Waals surface area contributed by atoms with Crippen LogP contribution in [-0.2, 0) is 0 Å². The first kappa shape index (κ1) is 17.0. The number of anilines is 1. The molecular formula is C17H15BrFNO3. The molecule has 0 spiro atoms. The number of carbonyl (C=O) groups is 1. The van der Waals surface area contributed by atoms with Gasteiger partial charge in [-0.2, -0.15) is 0 Å². The molecule has 6 heteroatoms. The molecule has 2 N–H and O–H groups in total. The number of nitrogen functional groups attached to an aromatic ring is 1. The third kappa shape index (κ3) is 3.90. The van der Waals surface area contributed by atoms with Gasteiger partial charge in [0.15, 0.2) is 17.3 Å². The number of benzene rings is 2. The van der Waals surface area contributed by atoms with E-state index in [4.69, 9.17) is 15.2 Å². The van der Waals surface area contributed by atoms with Crippen LogP contribution in [0, 0.1) is 5.82 Å². The van der Waals surface area contributed by atoms with Gasteiger partial charge < -0.3 is 15.2 Å². The molecule has 0 heterocycles. The second-order valence-electron chi connectivity index (χ2n) is 4.66. The van der Waals surface area contributed by atoms with Crippen molar-refractivity contribution >= 4 is 33.5 Å². The monoisotopic (exact) mass is 379 g/mol. The lowest BCUT2D eigenvalue weighted by Gasteiger charge is -2.08. The lowest BCUT2D eigenvalue weighted by Crippen LogP contribution is -2.02. The summed E-state index contributed by atoms with van der Waals surface area (Å²) in [5, 5.41) is 0. The Morgan fingerprint density at radius 2 is 1.96 bits per heavy atom. The van der Waals surface area contributed by atoms with E-state index in [0.29, 0.717) is 27.0 Å². The van der Waals surface area contributed by atoms with Gasteiger partial charge in [-0.3, -0.25) is 4.79 Å². The van der Waals surface area contributed by atoms with Crippen LogP contribution in [0.5, 0.6) is 11.5 Å². The number of halogens is 2. The number of ether oxygens (including phenoxy) is 2. The molecule has 2 aromatic carbocycles. The number of ketones is 1. The molecule has 120 valence electrons. The van der Waals surface area contributed by atoms with Gasteiger partial charge in [0.25, 0.3) is 0 Å². The summed E-state index contributed by atoms with van der Waals surface area (Å²) in [4.78, 5) is 12.3. The largest absolute Gasteiger partial charge is 0.497 e. The van der Waals surface area contributed by atoms with Gasteiger partial charge >= 0.3 is 0 Å². The van der Waals surface area contributed by atoms with E-state index in [0.717, 1.165) is 0 Å². The topological polar surface area (TPSA) is 61.5 Å². The number of allylic oxidation sites excluding steroid dienone is 1. The molecule has 2 rings (SSSR count). The van der Waals surface area contributed by atoms with E-state index in [2.05, 4.69) is 15.9 Å². The summed E-state index contributed by atoms with van der Waals surface area (Å²) in [6.45, 7) is 0. The van der Waals surface area contributed by atoms with Gasteiger partial charge in [-0.1, -0.05) is 12.1 Å². The summed E-state index contributed by atoms with van der Waals surface area (Å²) >= 11 is 3.28. The molecule has 0 aromatic heterocycles. The Kier molecular flexibility index (Phi) is 5.39. The predicted octanol–water partition coefficient (Wildman–Crippen LogP) is 4.08. The number of hydrogen-bond donors (Lipinski definition) is 1. The average molecular weight is 380 g/mol. The quantitative estimate of drug-likeness (QED) is 0.482. The zero-order chi connectivity index (χ0) is 17.0. The molecule has 0 aliphatic heterocycles. The van der Waals surface area contributed by atoms with Crippen LogP contribution in [0.2, 0.25) is 0 Å². The smallest absolute Gasteiger partial charge is 0.188 e. The maximum Gasteiger partial charge on any atom is 0.188 e. The Labute approximate surface area is 141 Å². The number of methoxy groups -OCH3 is 2. The molecule has 2 aromatic rings. The van der Waals surface area contributed by atoms with Crippen molar-refractivity contribution in [2.75, 3.05) is 20.0 Å². The third-order valence-corrected chi connectivity index (χ3v) is 3.86. The third-order valence-electron chi connectivity index (χ3n) is 3.21. The van der Waals surface area contributed by atoms with E-state index >= 15 is 0 Å². The van der Waals surface area contributed by atoms with Crippen molar-refractivity contribution in [3.8, 4) is 11.5 Å². The predicted molar refractivity (Wildman–Crippen MR) is 91.4 cm³/mol. The minimum atomic E-state index is -0.495. The molecule has 0 saturated carbocycles. The van der Waals surface area contributed by atoms with Gasteiger partial charge in [-0.05, 0) is 51.8 Å². The zero-order valence-corrected chi connectivity index (χ0v) is 14.2. The van der Waals surface area contributed by atoms with E-state index in [1.165, 1.54) is 38.5 Å². The highest BCUT2D eigenvalue weighted by Crippen LogP contribution is 2.30. The minimum Gasteiger partial charge on any atom is -0.497 e. The molecule has 4 nitrogen and oxygen atoms in total. The number of rotatable bonds is 5. The fourth-order valence-electron chi connectivity index (χ4n) is 1.96. The fourth-order valence-corrected chi connectivity index (χ4v) is 2.40. The average Bonchev–Trinajstić information content (AvgIpc) is 2.55. The maximum absolute atomic E-state index is 13.6. The Bertz CT molecular complexity index is 775. The zero-order valence-electron chi connectivity index (χ0n) is 12.6. The van der Waals surface area contributed by atoms with E-state index in [1.807, 2.05) is 0 Å². The van der Waals surface area contributed by atoms with Crippen molar-refractivity contribution in [1.29, 1.82) is 0 Å². The Morgan fingerprint density at radius 3 is 2.57 bits per heavy atom. The fraction of sp³-hybridized carbons (Fsp3) is 0.118. The summed E-state index contributed by atoms with van der Waals surface area (Å²) in [6, 6.07) is 7.66. The molecule has 0 aliphatic carbocycles. The van der Waals surface area contributed by atoms with E-state index in [-0.39, 0.29) is 11.5 Å². The first-order chi connectivity index (χ1) is 11.0. The number of nitrogens with two attached hydrogens (primary N) is 1. The van der Waals surface area contributed by atoms with Crippen LogP contribution in [0.25, 0.3) is 6.08 Å². The van der Waals surface area contributed by atoms with Crippen LogP contribution in [-0.4, -0.2) is 20.0 Å². The van der Waals surface area contributed by atoms with E-state index < -0.39 is 5.82 Å². The van der Waals surface area contributed by atoms with E-state index in [1.54, 1.807) is 18.2 Å². The summed E-state index contributed by atoms with van der Waals surface area (Å²) < 4.78 is 24.2. The van der Waals surface area contributed by atoms with E-state index in [9.17, 15) is 9.18 Å². The summed E-state index contributed by atoms with van der Waals surface area (Å²) in [5.41, 5.74) is 7.07. The molecule has 0 unspecified atom stereocenters. The normalized spacial score (nSPS) is 10.8. The van der Waals surface area contributed by atoms with Crippen LogP contribution >= 0.6 is 15.9 Å². The lowest BCUT2D eigenvalue weighted by atomic mass is 10.1. The summed E-state index contributed by atoms with van der Waals surface area (Å²) in [7, 11) is 2.89. The van der Waals surface area contributed by atoms with Gasteiger partial charge in [0, 0.05) is 10.0 Å². The standard InChI is InChI=1S/C17H15BrFNO3/c1-22-11-8-12(17(20)13(18)9-11)15(21)5-3-10-4-6-16(23-2)14(19)7-10/h3-9H,20H2,1-2H3/b5-3+. The summed E-state index contributed by atoms with van der Waals surface area (Å²) in [6.07, 6.45) is 2.84. The van der Waals surface area contributed by atoms with Gasteiger partial charge in [0.05, 0.1) is 19.9 Å². The SMILES string of the molecule is COc1cc(Br)c(N)c(C(=O)/C=C/c2ccc(OC)c(F)c2)c1. The van der Waals surface area contributed by atoms with Crippen molar-refractivity contribution in [3.63, 3.8) is 0 Å². The highest BCUT2D eigenvalue weighted by molar-refractivity contribution is 9.10. The van der Waals surface area contributed by atoms with Crippen LogP contribution < -0.4 is 15.2 Å². The van der Waals surface area contributed by atoms with Crippen LogP contribution in [0.4, 0.5) is 10.1 Å². The van der Waals surface area contributed by atoms with Crippen molar-refractivity contribution in [3.05, 3.63) is 57.8 Å². The van der Waals surface area contributed by atoms with Gasteiger partial charge in [0.1, 0.15) is 5.75 Å². The first-order valence-electron chi connectivity index (χ1n) is 6.65. The van der Waals surface area contributed by atoms with Crippen LogP contribution in [0.3, 0.4) is 0 Å². The molecule has 23 heavy (non-hydrogen) atoms. The molecule has 0 saturated heterocycles. The highest BCUT2D eigenvalue weighted by Gasteiger charge is 2.12. The molecule has 0 aliphatic rings. The lowest BCUT2D eigenvalue weighted by molar-refractivity contribution is 0.104. The number of hydrogen-bond acceptors (Lipinski definition) is 4. The Morgan fingerprint density at radius 1 is 1.22 bits per heavy atom. The molecule has 0 bridgehead atoms. The Hall–Kier alpha value is -2.34. The first-order valence-corrected chi connectivity index (χ1v) is 7.44. The second-order valence-corrected chi connectivity index (χ2v) is 5.52. The molecular weight excluding hydrogens is 365 g/mol. The molecule has 0 atom stereocenters. The van der Waals surface area contributed by atoms with Gasteiger partial charge in [0.2, 0.25) is 0 Å². The van der Waals surface area contributed by atoms with Crippen molar-refractivity contribution in [2.24, 2.45) is 0 Å². The van der Waals surface area contributed by atoms with Crippen molar-refractivity contribution in [2.45, 2.75) is 0 Å². The maximum atomic E-state index is 13.6. The summed E-state index contributed by atoms with van der Waals surface area (Å²) in [5.74, 6) is -0.142. The minimum absolute atomic E-state index is 0.148. The van der Waals surface area contributed by atoms with Crippen LogP contribution in [0.1, 0.15) is 15.9 Å². The van der Waals surface area contributed by atoms with Crippen molar-refractivity contribution < 1.29 is 18.7 Å². The molecule has 0 radical (unpaired) electrons. The van der Waals surface area contributed by atoms with Crippen molar-refractivity contribution in [1.82, 2.24) is 0 Å². The molecule has 0 fully saturated rings. The van der Waals surface area contributed by atoms with Crippen LogP contribution in [0.15, 0.2) is 40.9 Å². The molecule has 0 amide bonds. The second kappa shape index (κ2) is 7.28. The Balaban J connectivity index is 2.28. The highest BCUT2D eigenvalue weighted by atomic mass is 79.9. The van der Waals surface area contributed by atoms with Gasteiger partial charge in [-0.15, -0.1) is 0 Å². The van der Waals surface area contributed by atoms with Gasteiger partial charge in [-0.25, -0.2) is 4.39 Å². The number of carbonyl (C=O) groups excluding carboxylic acids is 1.